The predicted octanol–water partition coefficient (Wildman–Crippen LogP) is -0.636. The maximum atomic E-state index is 10.5. The molecule has 0 aromatic heterocycles. The van der Waals surface area contributed by atoms with Gasteiger partial charge in [-0.15, -0.1) is 0 Å². The summed E-state index contributed by atoms with van der Waals surface area (Å²) in [5.41, 5.74) is -0.380. The molecule has 0 aliphatic heterocycles. The molecule has 18 heavy (non-hydrogen) atoms. The molecule has 0 fully saturated rings. The summed E-state index contributed by atoms with van der Waals surface area (Å²) in [6, 6.07) is 5.48. The summed E-state index contributed by atoms with van der Waals surface area (Å²) < 4.78 is 34.1. The summed E-state index contributed by atoms with van der Waals surface area (Å²) in [6.07, 6.45) is 0. The normalized spacial score (nSPS) is 9.44. The Morgan fingerprint density at radius 1 is 0.944 bits per heavy atom. The van der Waals surface area contributed by atoms with Crippen molar-refractivity contribution in [3.05, 3.63) is 35.4 Å². The molecule has 0 saturated heterocycles. The minimum atomic E-state index is -5.17. The summed E-state index contributed by atoms with van der Waals surface area (Å²) in [6.45, 7) is 0. The summed E-state index contributed by atoms with van der Waals surface area (Å²) in [4.78, 5) is 20.9. The third kappa shape index (κ3) is 9.61. The Labute approximate surface area is 142 Å². The van der Waals surface area contributed by atoms with Gasteiger partial charge < -0.3 is 19.3 Å². The van der Waals surface area contributed by atoms with Crippen molar-refractivity contribution in [3.8, 4) is 0 Å². The molecule has 0 saturated carbocycles. The predicted molar refractivity (Wildman–Crippen MR) is 56.6 cm³/mol. The van der Waals surface area contributed by atoms with Crippen LogP contribution in [-0.4, -0.2) is 88.6 Å². The molecule has 0 bridgehead atoms. The van der Waals surface area contributed by atoms with E-state index >= 15 is 0 Å². The fourth-order valence-electron chi connectivity index (χ4n) is 0.856. The van der Waals surface area contributed by atoms with Crippen LogP contribution in [0.2, 0.25) is 0 Å². The first-order valence-electron chi connectivity index (χ1n) is 3.85. The van der Waals surface area contributed by atoms with Crippen LogP contribution in [0.5, 0.6) is 0 Å². The van der Waals surface area contributed by atoms with Crippen molar-refractivity contribution in [3.63, 3.8) is 0 Å². The Morgan fingerprint density at radius 3 is 1.33 bits per heavy atom. The van der Waals surface area contributed by atoms with Crippen LogP contribution in [0, 0.1) is 0 Å². The second kappa shape index (κ2) is 8.66. The Kier molecular flexibility index (Phi) is 9.59. The van der Waals surface area contributed by atoms with Gasteiger partial charge >= 0.3 is 60.8 Å². The topological polar surface area (TPSA) is 155 Å². The van der Waals surface area contributed by atoms with Gasteiger partial charge in [0.2, 0.25) is 0 Å². The Balaban J connectivity index is 0. The van der Waals surface area contributed by atoms with Gasteiger partial charge in [-0.05, 0) is 12.1 Å². The van der Waals surface area contributed by atoms with Crippen molar-refractivity contribution in [2.75, 3.05) is 0 Å². The molecule has 0 atom stereocenters. The second-order valence-electron chi connectivity index (χ2n) is 2.56. The largest absolute Gasteiger partial charge is 2.00 e. The zero-order valence-electron chi connectivity index (χ0n) is 8.77. The van der Waals surface area contributed by atoms with Crippen molar-refractivity contribution >= 4 is 71.2 Å². The van der Waals surface area contributed by atoms with E-state index in [0.717, 1.165) is 0 Å². The van der Waals surface area contributed by atoms with Gasteiger partial charge in [0.25, 0.3) is 0 Å². The molecule has 0 amide bonds. The Morgan fingerprint density at radius 2 is 1.17 bits per heavy atom. The molecule has 8 nitrogen and oxygen atoms in total. The van der Waals surface area contributed by atoms with E-state index in [2.05, 4.69) is 0 Å². The summed E-state index contributed by atoms with van der Waals surface area (Å²) >= 11 is 0. The fraction of sp³-hybridized carbons (Fsp3) is 0. The molecule has 1 rings (SSSR count). The first-order valence-corrected chi connectivity index (χ1v) is 5.18. The van der Waals surface area contributed by atoms with Crippen LogP contribution in [0.1, 0.15) is 20.7 Å². The summed E-state index contributed by atoms with van der Waals surface area (Å²) in [5, 5.41) is 17.1. The molecule has 94 valence electrons. The van der Waals surface area contributed by atoms with Crippen LogP contribution in [0.4, 0.5) is 0 Å². The van der Waals surface area contributed by atoms with Gasteiger partial charge in [0.1, 0.15) is 0 Å². The number of carboxylic acids is 2. The van der Waals surface area contributed by atoms with Crippen LogP contribution in [0.25, 0.3) is 0 Å². The first-order chi connectivity index (χ1) is 7.63. The van der Waals surface area contributed by atoms with E-state index in [1.165, 1.54) is 24.3 Å². The molecule has 0 aliphatic carbocycles. The first kappa shape index (κ1) is 19.9. The molecule has 1 aromatic rings. The molecule has 10 heteroatoms. The molecular formula is C8H6BaO8S. The summed E-state index contributed by atoms with van der Waals surface area (Å²) in [5.74, 6) is -2.46. The van der Waals surface area contributed by atoms with Crippen LogP contribution < -0.4 is 0 Å². The van der Waals surface area contributed by atoms with E-state index in [9.17, 15) is 9.59 Å². The molecule has 2 N–H and O–H groups in total. The van der Waals surface area contributed by atoms with Gasteiger partial charge in [-0.25, -0.2) is 9.59 Å². The molecule has 0 heterocycles. The Hall–Kier alpha value is -0.399. The van der Waals surface area contributed by atoms with Crippen LogP contribution >= 0.6 is 0 Å². The minimum Gasteiger partial charge on any atom is -0.759 e. The molecule has 0 radical (unpaired) electrons. The van der Waals surface area contributed by atoms with Gasteiger partial charge in [-0.1, -0.05) is 12.1 Å². The van der Waals surface area contributed by atoms with Crippen LogP contribution in [-0.2, 0) is 10.4 Å². The summed E-state index contributed by atoms with van der Waals surface area (Å²) in [7, 11) is -5.17. The smallest absolute Gasteiger partial charge is 0.759 e. The fourth-order valence-corrected chi connectivity index (χ4v) is 0.856. The number of hydrogen-bond acceptors (Lipinski definition) is 6. The van der Waals surface area contributed by atoms with Gasteiger partial charge in [0, 0.05) is 10.4 Å². The second-order valence-corrected chi connectivity index (χ2v) is 3.38. The number of carbonyl (C=O) groups is 2. The number of rotatable bonds is 2. The zero-order chi connectivity index (χ0) is 13.6. The third-order valence-corrected chi connectivity index (χ3v) is 1.39. The van der Waals surface area contributed by atoms with Crippen molar-refractivity contribution < 1.29 is 37.3 Å². The van der Waals surface area contributed by atoms with Crippen molar-refractivity contribution in [2.45, 2.75) is 0 Å². The van der Waals surface area contributed by atoms with E-state index < -0.39 is 22.3 Å². The van der Waals surface area contributed by atoms with E-state index in [4.69, 9.17) is 27.7 Å². The van der Waals surface area contributed by atoms with Gasteiger partial charge in [0.15, 0.2) is 0 Å². The minimum absolute atomic E-state index is 0. The van der Waals surface area contributed by atoms with Crippen LogP contribution in [0.15, 0.2) is 24.3 Å². The van der Waals surface area contributed by atoms with Crippen molar-refractivity contribution in [1.29, 1.82) is 0 Å². The van der Waals surface area contributed by atoms with E-state index in [1.807, 2.05) is 0 Å². The SMILES string of the molecule is O=C(O)c1ccccc1C(=O)O.O=S(=O)([O-])[O-].[Ba+2]. The molecular weight excluding hydrogens is 393 g/mol. The quantitative estimate of drug-likeness (QED) is 0.378. The molecule has 0 aliphatic rings. The van der Waals surface area contributed by atoms with Gasteiger partial charge in [-0.3, -0.25) is 8.42 Å². The van der Waals surface area contributed by atoms with Crippen molar-refractivity contribution in [1.82, 2.24) is 0 Å². The van der Waals surface area contributed by atoms with E-state index in [-0.39, 0.29) is 60.0 Å². The van der Waals surface area contributed by atoms with Crippen molar-refractivity contribution in [2.24, 2.45) is 0 Å². The van der Waals surface area contributed by atoms with E-state index in [0.29, 0.717) is 0 Å². The molecule has 0 spiro atoms. The molecule has 0 unspecified atom stereocenters. The average Bonchev–Trinajstić information content (AvgIpc) is 2.15. The van der Waals surface area contributed by atoms with E-state index in [1.54, 1.807) is 0 Å². The number of benzene rings is 1. The zero-order valence-corrected chi connectivity index (χ0v) is 14.0. The monoisotopic (exact) mass is 400 g/mol. The average molecular weight is 400 g/mol. The standard InChI is InChI=1S/C8H6O4.Ba.H2O4S/c9-7(10)5-3-1-2-4-6(5)8(11)12;;1-5(2,3)4/h1-4H,(H,9,10)(H,11,12);;(H2,1,2,3,4)/q;+2;/p-2. The van der Waals surface area contributed by atoms with Gasteiger partial charge in [-0.2, -0.15) is 0 Å². The van der Waals surface area contributed by atoms with Gasteiger partial charge in [0.05, 0.1) is 11.1 Å². The number of hydrogen-bond donors (Lipinski definition) is 2. The maximum absolute atomic E-state index is 10.5. The Bertz CT molecular complexity index is 483. The maximum Gasteiger partial charge on any atom is 2.00 e. The van der Waals surface area contributed by atoms with Crippen LogP contribution in [0.3, 0.4) is 0 Å². The number of carboxylic acid groups (broad SMARTS) is 2. The number of aromatic carboxylic acids is 2. The molecule has 1 aromatic carbocycles. The third-order valence-electron chi connectivity index (χ3n) is 1.39.